The van der Waals surface area contributed by atoms with E-state index in [0.29, 0.717) is 43.4 Å². The Kier molecular flexibility index (Phi) is 6.36. The van der Waals surface area contributed by atoms with Crippen molar-refractivity contribution in [1.82, 2.24) is 4.98 Å². The Morgan fingerprint density at radius 3 is 2.59 bits per heavy atom. The van der Waals surface area contributed by atoms with E-state index in [1.54, 1.807) is 36.4 Å². The summed E-state index contributed by atoms with van der Waals surface area (Å²) in [7, 11) is -4.00. The zero-order chi connectivity index (χ0) is 22.6. The Labute approximate surface area is 186 Å². The molecule has 1 aliphatic rings. The summed E-state index contributed by atoms with van der Waals surface area (Å²) >= 11 is 0. The van der Waals surface area contributed by atoms with Crippen LogP contribution in [0.5, 0.6) is 17.2 Å². The fourth-order valence-corrected chi connectivity index (χ4v) is 4.40. The predicted molar refractivity (Wildman–Crippen MR) is 119 cm³/mol. The zero-order valence-electron chi connectivity index (χ0n) is 17.7. The highest BCUT2D eigenvalue weighted by Gasteiger charge is 2.30. The van der Waals surface area contributed by atoms with E-state index in [-0.39, 0.29) is 21.7 Å². The number of anilines is 1. The summed E-state index contributed by atoms with van der Waals surface area (Å²) < 4.78 is 49.2. The third-order valence-corrected chi connectivity index (χ3v) is 6.32. The number of oxazole rings is 1. The molecule has 32 heavy (non-hydrogen) atoms. The molecule has 8 nitrogen and oxygen atoms in total. The SMILES string of the molecule is C=CCNc1oc(-c2ccc(OCCC)cc2)nc1S(=O)(=O)c1ccc2c(c1)OCCO2. The number of benzene rings is 2. The molecule has 2 heterocycles. The molecule has 9 heteroatoms. The number of hydrogen-bond acceptors (Lipinski definition) is 8. The van der Waals surface area contributed by atoms with Gasteiger partial charge in [0, 0.05) is 18.2 Å². The van der Waals surface area contributed by atoms with Crippen molar-refractivity contribution < 1.29 is 27.0 Å². The van der Waals surface area contributed by atoms with Gasteiger partial charge in [-0.2, -0.15) is 4.98 Å². The molecule has 0 atom stereocenters. The first-order valence-corrected chi connectivity index (χ1v) is 11.7. The number of ether oxygens (including phenoxy) is 3. The van der Waals surface area contributed by atoms with Gasteiger partial charge in [-0.1, -0.05) is 13.0 Å². The first-order valence-electron chi connectivity index (χ1n) is 10.3. The molecule has 0 aliphatic carbocycles. The van der Waals surface area contributed by atoms with Crippen LogP contribution in [0.4, 0.5) is 5.88 Å². The number of nitrogens with zero attached hydrogens (tertiary/aromatic N) is 1. The number of aromatic nitrogens is 1. The summed E-state index contributed by atoms with van der Waals surface area (Å²) in [5, 5.41) is 2.71. The second kappa shape index (κ2) is 9.35. The van der Waals surface area contributed by atoms with Crippen LogP contribution in [0, 0.1) is 0 Å². The first kappa shape index (κ1) is 21.8. The summed E-state index contributed by atoms with van der Waals surface area (Å²) in [4.78, 5) is 4.35. The fraction of sp³-hybridized carbons (Fsp3) is 0.261. The zero-order valence-corrected chi connectivity index (χ0v) is 18.5. The summed E-state index contributed by atoms with van der Waals surface area (Å²) in [5.74, 6) is 1.82. The van der Waals surface area contributed by atoms with E-state index in [1.165, 1.54) is 12.1 Å². The van der Waals surface area contributed by atoms with E-state index in [2.05, 4.69) is 16.9 Å². The molecule has 1 aromatic heterocycles. The minimum Gasteiger partial charge on any atom is -0.494 e. The lowest BCUT2D eigenvalue weighted by Crippen LogP contribution is -2.16. The van der Waals surface area contributed by atoms with Crippen molar-refractivity contribution in [1.29, 1.82) is 0 Å². The number of sulfone groups is 1. The van der Waals surface area contributed by atoms with Gasteiger partial charge >= 0.3 is 0 Å². The summed E-state index contributed by atoms with van der Waals surface area (Å²) in [6, 6.07) is 11.6. The summed E-state index contributed by atoms with van der Waals surface area (Å²) in [6.45, 7) is 7.39. The smallest absolute Gasteiger partial charge is 0.234 e. The third-order valence-electron chi connectivity index (χ3n) is 4.66. The second-order valence-corrected chi connectivity index (χ2v) is 8.87. The van der Waals surface area contributed by atoms with Gasteiger partial charge in [-0.25, -0.2) is 8.42 Å². The standard InChI is InChI=1S/C23H24N2O6S/c1-3-11-24-22-23(25-21(31-22)16-5-7-17(8-6-16)28-12-4-2)32(26,27)18-9-10-19-20(15-18)30-14-13-29-19/h3,5-10,15,24H,1,4,11-14H2,2H3. The van der Waals surface area contributed by atoms with E-state index in [1.807, 2.05) is 6.92 Å². The molecule has 0 spiro atoms. The van der Waals surface area contributed by atoms with Gasteiger partial charge in [0.2, 0.25) is 26.6 Å². The molecule has 168 valence electrons. The minimum absolute atomic E-state index is 0.0339. The highest BCUT2D eigenvalue weighted by Crippen LogP contribution is 2.37. The predicted octanol–water partition coefficient (Wildman–Crippen LogP) is 4.33. The van der Waals surface area contributed by atoms with E-state index < -0.39 is 9.84 Å². The molecule has 1 aliphatic heterocycles. The van der Waals surface area contributed by atoms with Crippen LogP contribution in [0.2, 0.25) is 0 Å². The van der Waals surface area contributed by atoms with Crippen LogP contribution in [-0.4, -0.2) is 39.8 Å². The number of rotatable bonds is 9. The Balaban J connectivity index is 1.71. The topological polar surface area (TPSA) is 99.9 Å². The molecule has 0 unspecified atom stereocenters. The second-order valence-electron chi connectivity index (χ2n) is 7.00. The third kappa shape index (κ3) is 4.43. The van der Waals surface area contributed by atoms with Crippen LogP contribution in [0.25, 0.3) is 11.5 Å². The number of nitrogens with one attached hydrogen (secondary N) is 1. The van der Waals surface area contributed by atoms with Gasteiger partial charge in [0.1, 0.15) is 19.0 Å². The highest BCUT2D eigenvalue weighted by molar-refractivity contribution is 7.91. The van der Waals surface area contributed by atoms with Crippen LogP contribution in [0.1, 0.15) is 13.3 Å². The van der Waals surface area contributed by atoms with E-state index >= 15 is 0 Å². The monoisotopic (exact) mass is 456 g/mol. The van der Waals surface area contributed by atoms with Crippen LogP contribution in [-0.2, 0) is 9.84 Å². The van der Waals surface area contributed by atoms with Gasteiger partial charge in [-0.05, 0) is 42.8 Å². The molecule has 0 saturated heterocycles. The maximum Gasteiger partial charge on any atom is 0.234 e. The first-order chi connectivity index (χ1) is 15.5. The van der Waals surface area contributed by atoms with Gasteiger partial charge in [-0.15, -0.1) is 6.58 Å². The quantitative estimate of drug-likeness (QED) is 0.475. The molecule has 0 saturated carbocycles. The lowest BCUT2D eigenvalue weighted by Gasteiger charge is -2.18. The lowest BCUT2D eigenvalue weighted by molar-refractivity contribution is 0.171. The summed E-state index contributed by atoms with van der Waals surface area (Å²) in [5.41, 5.74) is 0.624. The van der Waals surface area contributed by atoms with Gasteiger partial charge in [0.05, 0.1) is 11.5 Å². The van der Waals surface area contributed by atoms with Crippen LogP contribution < -0.4 is 19.5 Å². The molecule has 1 N–H and O–H groups in total. The molecule has 4 rings (SSSR count). The summed E-state index contributed by atoms with van der Waals surface area (Å²) in [6.07, 6.45) is 2.50. The van der Waals surface area contributed by atoms with Crippen molar-refractivity contribution >= 4 is 15.7 Å². The van der Waals surface area contributed by atoms with Crippen molar-refractivity contribution in [3.05, 3.63) is 55.1 Å². The molecule has 0 fully saturated rings. The van der Waals surface area contributed by atoms with Gasteiger partial charge in [0.25, 0.3) is 0 Å². The number of fused-ring (bicyclic) bond motifs is 1. The Bertz CT molecular complexity index is 1200. The average molecular weight is 457 g/mol. The van der Waals surface area contributed by atoms with Crippen molar-refractivity contribution in [3.63, 3.8) is 0 Å². The Morgan fingerprint density at radius 1 is 1.12 bits per heavy atom. The molecule has 3 aromatic rings. The Hall–Kier alpha value is -3.46. The molecular weight excluding hydrogens is 432 g/mol. The molecule has 0 amide bonds. The van der Waals surface area contributed by atoms with Crippen LogP contribution in [0.15, 0.2) is 69.5 Å². The minimum atomic E-state index is -4.00. The maximum absolute atomic E-state index is 13.4. The van der Waals surface area contributed by atoms with E-state index in [4.69, 9.17) is 18.6 Å². The van der Waals surface area contributed by atoms with E-state index in [0.717, 1.165) is 12.2 Å². The van der Waals surface area contributed by atoms with Gasteiger partial charge in [0.15, 0.2) is 11.5 Å². The van der Waals surface area contributed by atoms with Crippen LogP contribution >= 0.6 is 0 Å². The largest absolute Gasteiger partial charge is 0.494 e. The fourth-order valence-electron chi connectivity index (χ4n) is 3.10. The Morgan fingerprint density at radius 2 is 1.88 bits per heavy atom. The highest BCUT2D eigenvalue weighted by atomic mass is 32.2. The van der Waals surface area contributed by atoms with E-state index in [9.17, 15) is 8.42 Å². The van der Waals surface area contributed by atoms with Gasteiger partial charge < -0.3 is 23.9 Å². The average Bonchev–Trinajstić information content (AvgIpc) is 3.26. The molecular formula is C23H24N2O6S. The van der Waals surface area contributed by atoms with Crippen molar-refractivity contribution in [3.8, 4) is 28.7 Å². The molecule has 0 radical (unpaired) electrons. The van der Waals surface area contributed by atoms with Crippen molar-refractivity contribution in [2.45, 2.75) is 23.3 Å². The molecule has 0 bridgehead atoms. The van der Waals surface area contributed by atoms with Crippen molar-refractivity contribution in [2.75, 3.05) is 31.7 Å². The lowest BCUT2D eigenvalue weighted by atomic mass is 10.2. The maximum atomic E-state index is 13.4. The normalized spacial score (nSPS) is 12.9. The molecule has 2 aromatic carbocycles. The van der Waals surface area contributed by atoms with Crippen LogP contribution in [0.3, 0.4) is 0 Å². The number of hydrogen-bond donors (Lipinski definition) is 1. The van der Waals surface area contributed by atoms with Gasteiger partial charge in [-0.3, -0.25) is 0 Å². The van der Waals surface area contributed by atoms with Crippen molar-refractivity contribution in [2.24, 2.45) is 0 Å².